The highest BCUT2D eigenvalue weighted by molar-refractivity contribution is 7.13. The summed E-state index contributed by atoms with van der Waals surface area (Å²) in [6.45, 7) is 6.19. The summed E-state index contributed by atoms with van der Waals surface area (Å²) in [5.74, 6) is 0.0212. The number of anilines is 1. The third-order valence-electron chi connectivity index (χ3n) is 3.98. The highest BCUT2D eigenvalue weighted by atomic mass is 32.1. The highest BCUT2D eigenvalue weighted by Gasteiger charge is 2.16. The van der Waals surface area contributed by atoms with E-state index in [0.29, 0.717) is 34.0 Å². The Balaban J connectivity index is 1.85. The van der Waals surface area contributed by atoms with Gasteiger partial charge in [0.2, 0.25) is 5.95 Å². The number of nitrogens with zero attached hydrogens (tertiary/aromatic N) is 3. The fraction of sp³-hybridized carbons (Fsp3) is 0.333. The molecule has 2 aromatic heterocycles. The SMILES string of the molecule is CCCc1nc(C)c(C(=O)NNc2nc3ccccc3c(=O)n2CC)s1. The second-order valence-corrected chi connectivity index (χ2v) is 6.94. The number of nitrogens with one attached hydrogen (secondary N) is 2. The van der Waals surface area contributed by atoms with Gasteiger partial charge in [0.25, 0.3) is 11.5 Å². The minimum atomic E-state index is -0.285. The first-order valence-electron chi connectivity index (χ1n) is 8.57. The van der Waals surface area contributed by atoms with Gasteiger partial charge in [-0.05, 0) is 38.8 Å². The maximum absolute atomic E-state index is 12.6. The Labute approximate surface area is 155 Å². The lowest BCUT2D eigenvalue weighted by atomic mass is 10.2. The molecule has 1 aromatic carbocycles. The number of fused-ring (bicyclic) bond motifs is 1. The van der Waals surface area contributed by atoms with Crippen molar-refractivity contribution in [1.29, 1.82) is 0 Å². The molecular formula is C18H21N5O2S. The zero-order chi connectivity index (χ0) is 18.7. The van der Waals surface area contributed by atoms with E-state index in [9.17, 15) is 9.59 Å². The van der Waals surface area contributed by atoms with Crippen molar-refractivity contribution in [2.24, 2.45) is 0 Å². The molecule has 0 unspecified atom stereocenters. The molecule has 0 bridgehead atoms. The first kappa shape index (κ1) is 18.1. The molecule has 0 aliphatic heterocycles. The van der Waals surface area contributed by atoms with Crippen LogP contribution in [0, 0.1) is 6.92 Å². The summed E-state index contributed by atoms with van der Waals surface area (Å²) in [5, 5.41) is 1.50. The van der Waals surface area contributed by atoms with E-state index in [2.05, 4.69) is 27.7 Å². The third-order valence-corrected chi connectivity index (χ3v) is 5.19. The number of aromatic nitrogens is 3. The zero-order valence-electron chi connectivity index (χ0n) is 15.0. The smallest absolute Gasteiger partial charge is 0.277 e. The van der Waals surface area contributed by atoms with Crippen LogP contribution in [0.25, 0.3) is 10.9 Å². The van der Waals surface area contributed by atoms with Crippen molar-refractivity contribution < 1.29 is 4.79 Å². The minimum absolute atomic E-state index is 0.144. The summed E-state index contributed by atoms with van der Waals surface area (Å²) in [6.07, 6.45) is 1.84. The third kappa shape index (κ3) is 3.45. The fourth-order valence-electron chi connectivity index (χ4n) is 2.71. The van der Waals surface area contributed by atoms with Crippen LogP contribution < -0.4 is 16.4 Å². The predicted molar refractivity (Wildman–Crippen MR) is 104 cm³/mol. The van der Waals surface area contributed by atoms with Gasteiger partial charge in [0.15, 0.2) is 0 Å². The van der Waals surface area contributed by atoms with E-state index in [-0.39, 0.29) is 11.5 Å². The number of hydrazine groups is 1. The van der Waals surface area contributed by atoms with Crippen molar-refractivity contribution in [1.82, 2.24) is 20.0 Å². The Kier molecular flexibility index (Phi) is 5.32. The van der Waals surface area contributed by atoms with Gasteiger partial charge >= 0.3 is 0 Å². The second kappa shape index (κ2) is 7.65. The van der Waals surface area contributed by atoms with Crippen molar-refractivity contribution in [3.8, 4) is 0 Å². The van der Waals surface area contributed by atoms with Crippen molar-refractivity contribution in [2.75, 3.05) is 5.43 Å². The summed E-state index contributed by atoms with van der Waals surface area (Å²) in [5.41, 5.74) is 6.58. The molecule has 0 saturated carbocycles. The Morgan fingerprint density at radius 1 is 1.23 bits per heavy atom. The fourth-order valence-corrected chi connectivity index (χ4v) is 3.77. The highest BCUT2D eigenvalue weighted by Crippen LogP contribution is 2.19. The molecule has 1 amide bonds. The molecule has 0 aliphatic rings. The Hall–Kier alpha value is -2.74. The lowest BCUT2D eigenvalue weighted by molar-refractivity contribution is 0.0965. The molecule has 0 saturated heterocycles. The van der Waals surface area contributed by atoms with Crippen LogP contribution in [0.5, 0.6) is 0 Å². The number of amides is 1. The van der Waals surface area contributed by atoms with Crippen molar-refractivity contribution in [3.63, 3.8) is 0 Å². The van der Waals surface area contributed by atoms with Crippen LogP contribution in [0.1, 0.15) is 40.6 Å². The van der Waals surface area contributed by atoms with Crippen LogP contribution in [-0.2, 0) is 13.0 Å². The van der Waals surface area contributed by atoms with Crippen LogP contribution in [0.2, 0.25) is 0 Å². The van der Waals surface area contributed by atoms with Crippen molar-refractivity contribution in [2.45, 2.75) is 40.2 Å². The average molecular weight is 371 g/mol. The minimum Gasteiger partial charge on any atom is -0.277 e. The molecule has 7 nitrogen and oxygen atoms in total. The number of thiazole rings is 1. The predicted octanol–water partition coefficient (Wildman–Crippen LogP) is 2.89. The van der Waals surface area contributed by atoms with E-state index < -0.39 is 0 Å². The molecule has 3 rings (SSSR count). The van der Waals surface area contributed by atoms with Gasteiger partial charge in [0.05, 0.1) is 21.6 Å². The van der Waals surface area contributed by atoms with Crippen LogP contribution in [-0.4, -0.2) is 20.4 Å². The van der Waals surface area contributed by atoms with E-state index in [0.717, 1.165) is 17.8 Å². The van der Waals surface area contributed by atoms with Gasteiger partial charge in [-0.25, -0.2) is 9.97 Å². The largest absolute Gasteiger partial charge is 0.281 e. The molecule has 2 N–H and O–H groups in total. The van der Waals surface area contributed by atoms with Crippen LogP contribution in [0.4, 0.5) is 5.95 Å². The maximum atomic E-state index is 12.6. The lowest BCUT2D eigenvalue weighted by Gasteiger charge is -2.13. The van der Waals surface area contributed by atoms with Gasteiger partial charge in [-0.1, -0.05) is 19.1 Å². The molecule has 3 aromatic rings. The summed E-state index contributed by atoms with van der Waals surface area (Å²) < 4.78 is 1.49. The molecule has 2 heterocycles. The normalized spacial score (nSPS) is 10.9. The first-order valence-corrected chi connectivity index (χ1v) is 9.39. The van der Waals surface area contributed by atoms with E-state index >= 15 is 0 Å². The van der Waals surface area contributed by atoms with Crippen LogP contribution >= 0.6 is 11.3 Å². The van der Waals surface area contributed by atoms with Gasteiger partial charge in [0, 0.05) is 6.54 Å². The number of carbonyl (C=O) groups excluding carboxylic acids is 1. The molecular weight excluding hydrogens is 350 g/mol. The lowest BCUT2D eigenvalue weighted by Crippen LogP contribution is -2.34. The topological polar surface area (TPSA) is 88.9 Å². The summed E-state index contributed by atoms with van der Waals surface area (Å²) in [4.78, 5) is 34.5. The number of benzene rings is 1. The van der Waals surface area contributed by atoms with E-state index in [1.165, 1.54) is 15.9 Å². The number of rotatable bonds is 6. The summed E-state index contributed by atoms with van der Waals surface area (Å²) in [7, 11) is 0. The number of para-hydroxylation sites is 1. The number of carbonyl (C=O) groups is 1. The number of hydrogen-bond donors (Lipinski definition) is 2. The Morgan fingerprint density at radius 2 is 2.00 bits per heavy atom. The maximum Gasteiger partial charge on any atom is 0.281 e. The number of aryl methyl sites for hydroxylation is 2. The van der Waals surface area contributed by atoms with Gasteiger partial charge in [-0.15, -0.1) is 11.3 Å². The van der Waals surface area contributed by atoms with E-state index in [1.54, 1.807) is 18.2 Å². The van der Waals surface area contributed by atoms with Crippen LogP contribution in [0.15, 0.2) is 29.1 Å². The van der Waals surface area contributed by atoms with E-state index in [1.807, 2.05) is 19.9 Å². The summed E-state index contributed by atoms with van der Waals surface area (Å²) >= 11 is 1.39. The van der Waals surface area contributed by atoms with Gasteiger partial charge in [-0.2, -0.15) is 0 Å². The van der Waals surface area contributed by atoms with Crippen molar-refractivity contribution >= 4 is 34.1 Å². The first-order chi connectivity index (χ1) is 12.5. The summed E-state index contributed by atoms with van der Waals surface area (Å²) in [6, 6.07) is 7.15. The second-order valence-electron chi connectivity index (χ2n) is 5.85. The molecule has 0 aliphatic carbocycles. The standard InChI is InChI=1S/C18H21N5O2S/c1-4-8-14-19-11(3)15(26-14)16(24)21-22-18-20-13-10-7-6-9-12(13)17(25)23(18)5-2/h6-7,9-10H,4-5,8H2,1-3H3,(H,20,22)(H,21,24). The van der Waals surface area contributed by atoms with Gasteiger partial charge in [-0.3, -0.25) is 25.0 Å². The molecule has 136 valence electrons. The quantitative estimate of drug-likeness (QED) is 0.651. The van der Waals surface area contributed by atoms with E-state index in [4.69, 9.17) is 0 Å². The monoisotopic (exact) mass is 371 g/mol. The average Bonchev–Trinajstić information content (AvgIpc) is 3.00. The molecule has 0 fully saturated rings. The molecule has 26 heavy (non-hydrogen) atoms. The van der Waals surface area contributed by atoms with Crippen LogP contribution in [0.3, 0.4) is 0 Å². The Bertz CT molecular complexity index is 1010. The number of hydrogen-bond acceptors (Lipinski definition) is 6. The van der Waals surface area contributed by atoms with Gasteiger partial charge in [0.1, 0.15) is 4.88 Å². The van der Waals surface area contributed by atoms with Gasteiger partial charge < -0.3 is 0 Å². The molecule has 0 spiro atoms. The molecule has 0 radical (unpaired) electrons. The molecule has 8 heteroatoms. The molecule has 0 atom stereocenters. The zero-order valence-corrected chi connectivity index (χ0v) is 15.8. The Morgan fingerprint density at radius 3 is 2.73 bits per heavy atom. The van der Waals surface area contributed by atoms with Crippen molar-refractivity contribution in [3.05, 3.63) is 50.2 Å².